The molecular weight excluding hydrogens is 276 g/mol. The molecule has 1 unspecified atom stereocenters. The lowest BCUT2D eigenvalue weighted by molar-refractivity contribution is 0.0821. The van der Waals surface area contributed by atoms with Gasteiger partial charge in [-0.25, -0.2) is 0 Å². The van der Waals surface area contributed by atoms with E-state index in [1.807, 2.05) is 0 Å². The number of hydrogen-bond donors (Lipinski definition) is 1. The lowest BCUT2D eigenvalue weighted by Gasteiger charge is -2.27. The Hall–Kier alpha value is -0.780. The van der Waals surface area contributed by atoms with Gasteiger partial charge in [-0.15, -0.1) is 11.8 Å². The first-order valence-corrected chi connectivity index (χ1v) is 8.10. The Morgan fingerprint density at radius 1 is 1.53 bits per heavy atom. The molecule has 0 bridgehead atoms. The second-order valence-corrected chi connectivity index (χ2v) is 5.99. The van der Waals surface area contributed by atoms with Gasteiger partial charge in [0.2, 0.25) is 0 Å². The molecule has 1 saturated heterocycles. The number of benzene rings is 1. The van der Waals surface area contributed by atoms with Crippen LogP contribution >= 0.6 is 24.0 Å². The molecule has 1 heterocycles. The summed E-state index contributed by atoms with van der Waals surface area (Å²) in [5.74, 6) is 0. The van der Waals surface area contributed by atoms with Crippen molar-refractivity contribution in [1.82, 2.24) is 0 Å². The molecule has 1 aliphatic heterocycles. The summed E-state index contributed by atoms with van der Waals surface area (Å²) in [6.45, 7) is 4.80. The van der Waals surface area contributed by atoms with Crippen LogP contribution in [0.5, 0.6) is 0 Å². The third-order valence-corrected chi connectivity index (χ3v) is 4.25. The third kappa shape index (κ3) is 3.41. The van der Waals surface area contributed by atoms with Crippen LogP contribution < -0.4 is 10.6 Å². The van der Waals surface area contributed by atoms with Gasteiger partial charge in [0.1, 0.15) is 4.99 Å². The van der Waals surface area contributed by atoms with Crippen molar-refractivity contribution in [2.45, 2.75) is 24.3 Å². The van der Waals surface area contributed by atoms with Crippen molar-refractivity contribution in [3.05, 3.63) is 23.8 Å². The normalized spacial score (nSPS) is 20.1. The number of ether oxygens (including phenoxy) is 1. The van der Waals surface area contributed by atoms with Gasteiger partial charge in [-0.2, -0.15) is 0 Å². The lowest BCUT2D eigenvalue weighted by atomic mass is 10.1. The number of nitrogens with two attached hydrogens (primary N) is 1. The molecule has 0 aliphatic carbocycles. The smallest absolute Gasteiger partial charge is 0.107 e. The first-order chi connectivity index (χ1) is 9.13. The molecule has 1 aromatic rings. The van der Waals surface area contributed by atoms with Crippen LogP contribution in [0.4, 0.5) is 5.69 Å². The highest BCUT2D eigenvalue weighted by Crippen LogP contribution is 2.30. The Labute approximate surface area is 124 Å². The molecule has 19 heavy (non-hydrogen) atoms. The highest BCUT2D eigenvalue weighted by Gasteiger charge is 2.20. The van der Waals surface area contributed by atoms with Crippen LogP contribution in [0.1, 0.15) is 18.9 Å². The minimum Gasteiger partial charge on any atom is -0.389 e. The second kappa shape index (κ2) is 6.59. The van der Waals surface area contributed by atoms with E-state index >= 15 is 0 Å². The van der Waals surface area contributed by atoms with Gasteiger partial charge in [-0.05, 0) is 31.7 Å². The average molecular weight is 296 g/mol. The van der Waals surface area contributed by atoms with E-state index in [1.54, 1.807) is 11.8 Å². The highest BCUT2D eigenvalue weighted by atomic mass is 32.2. The first kappa shape index (κ1) is 14.6. The molecule has 0 amide bonds. The molecule has 1 fully saturated rings. The Morgan fingerprint density at radius 2 is 2.32 bits per heavy atom. The fraction of sp³-hybridized carbons (Fsp3) is 0.500. The van der Waals surface area contributed by atoms with Crippen LogP contribution in [0.15, 0.2) is 23.1 Å². The molecule has 2 N–H and O–H groups in total. The molecule has 104 valence electrons. The van der Waals surface area contributed by atoms with Crippen molar-refractivity contribution in [2.24, 2.45) is 5.73 Å². The van der Waals surface area contributed by atoms with Gasteiger partial charge < -0.3 is 15.4 Å². The molecule has 0 radical (unpaired) electrons. The Morgan fingerprint density at radius 3 is 3.00 bits per heavy atom. The summed E-state index contributed by atoms with van der Waals surface area (Å²) in [5.41, 5.74) is 8.07. The van der Waals surface area contributed by atoms with Gasteiger partial charge in [0.05, 0.1) is 6.10 Å². The molecule has 3 nitrogen and oxygen atoms in total. The Bertz CT molecular complexity index is 465. The van der Waals surface area contributed by atoms with Crippen LogP contribution in [-0.4, -0.2) is 37.0 Å². The topological polar surface area (TPSA) is 38.5 Å². The monoisotopic (exact) mass is 296 g/mol. The van der Waals surface area contributed by atoms with Crippen LogP contribution in [0.25, 0.3) is 0 Å². The van der Waals surface area contributed by atoms with Gasteiger partial charge in [0, 0.05) is 35.8 Å². The lowest BCUT2D eigenvalue weighted by Crippen LogP contribution is -2.32. The summed E-state index contributed by atoms with van der Waals surface area (Å²) in [6, 6.07) is 6.24. The van der Waals surface area contributed by atoms with Crippen LogP contribution in [-0.2, 0) is 4.74 Å². The largest absolute Gasteiger partial charge is 0.389 e. The average Bonchev–Trinajstić information content (AvgIpc) is 2.62. The van der Waals surface area contributed by atoms with Crippen molar-refractivity contribution >= 4 is 34.7 Å². The van der Waals surface area contributed by atoms with Crippen molar-refractivity contribution in [3.8, 4) is 0 Å². The summed E-state index contributed by atoms with van der Waals surface area (Å²) >= 11 is 6.92. The maximum absolute atomic E-state index is 5.93. The number of hydrogen-bond acceptors (Lipinski definition) is 4. The van der Waals surface area contributed by atoms with E-state index in [9.17, 15) is 0 Å². The van der Waals surface area contributed by atoms with Crippen LogP contribution in [0.2, 0.25) is 0 Å². The molecule has 0 aromatic heterocycles. The zero-order valence-corrected chi connectivity index (χ0v) is 13.0. The summed E-state index contributed by atoms with van der Waals surface area (Å²) in [4.78, 5) is 3.95. The molecule has 5 heteroatoms. The van der Waals surface area contributed by atoms with Gasteiger partial charge in [-0.1, -0.05) is 18.3 Å². The second-order valence-electron chi connectivity index (χ2n) is 4.70. The predicted molar refractivity (Wildman–Crippen MR) is 86.4 cm³/mol. The van der Waals surface area contributed by atoms with E-state index in [2.05, 4.69) is 36.3 Å². The van der Waals surface area contributed by atoms with E-state index in [0.29, 0.717) is 4.99 Å². The minimum absolute atomic E-state index is 0.236. The van der Waals surface area contributed by atoms with Crippen LogP contribution in [0.3, 0.4) is 0 Å². The standard InChI is InChI=1S/C14H20N2OS2/c1-10-9-16(7-4-8-17-10)11-5-3-6-12(19-2)13(11)14(15)18/h3,5-6,10H,4,7-9H2,1-2H3,(H2,15,18). The molecule has 1 atom stereocenters. The SMILES string of the molecule is CSc1cccc(N2CCCOC(C)C2)c1C(N)=S. The van der Waals surface area contributed by atoms with Crippen molar-refractivity contribution < 1.29 is 4.74 Å². The van der Waals surface area contributed by atoms with Gasteiger partial charge in [-0.3, -0.25) is 0 Å². The molecule has 0 saturated carbocycles. The van der Waals surface area contributed by atoms with Crippen molar-refractivity contribution in [3.63, 3.8) is 0 Å². The van der Waals surface area contributed by atoms with Gasteiger partial charge >= 0.3 is 0 Å². The Balaban J connectivity index is 2.40. The van der Waals surface area contributed by atoms with Crippen molar-refractivity contribution in [1.29, 1.82) is 0 Å². The zero-order valence-electron chi connectivity index (χ0n) is 11.4. The summed E-state index contributed by atoms with van der Waals surface area (Å²) in [5, 5.41) is 0. The fourth-order valence-electron chi connectivity index (χ4n) is 2.41. The van der Waals surface area contributed by atoms with E-state index in [-0.39, 0.29) is 6.10 Å². The molecule has 1 aromatic carbocycles. The van der Waals surface area contributed by atoms with Crippen molar-refractivity contribution in [2.75, 3.05) is 30.9 Å². The van der Waals surface area contributed by atoms with Gasteiger partial charge in [0.25, 0.3) is 0 Å². The van der Waals surface area contributed by atoms with E-state index in [1.165, 1.54) is 0 Å². The quantitative estimate of drug-likeness (QED) is 0.686. The molecule has 0 spiro atoms. The first-order valence-electron chi connectivity index (χ1n) is 6.47. The number of nitrogens with zero attached hydrogens (tertiary/aromatic N) is 1. The van der Waals surface area contributed by atoms with E-state index < -0.39 is 0 Å². The third-order valence-electron chi connectivity index (χ3n) is 3.26. The Kier molecular flexibility index (Phi) is 5.07. The summed E-state index contributed by atoms with van der Waals surface area (Å²) in [6.07, 6.45) is 3.32. The van der Waals surface area contributed by atoms with Crippen LogP contribution in [0, 0.1) is 0 Å². The maximum atomic E-state index is 5.93. The molecular formula is C14H20N2OS2. The number of anilines is 1. The highest BCUT2D eigenvalue weighted by molar-refractivity contribution is 7.98. The molecule has 2 rings (SSSR count). The minimum atomic E-state index is 0.236. The fourth-order valence-corrected chi connectivity index (χ4v) is 3.33. The predicted octanol–water partition coefficient (Wildman–Crippen LogP) is 2.66. The van der Waals surface area contributed by atoms with Gasteiger partial charge in [0.15, 0.2) is 0 Å². The zero-order chi connectivity index (χ0) is 13.8. The number of rotatable bonds is 3. The van der Waals surface area contributed by atoms with E-state index in [0.717, 1.165) is 42.3 Å². The molecule has 1 aliphatic rings. The number of thiocarbonyl (C=S) groups is 1. The summed E-state index contributed by atoms with van der Waals surface area (Å²) in [7, 11) is 0. The van der Waals surface area contributed by atoms with E-state index in [4.69, 9.17) is 22.7 Å². The number of thioether (sulfide) groups is 1. The summed E-state index contributed by atoms with van der Waals surface area (Å²) < 4.78 is 5.70. The maximum Gasteiger partial charge on any atom is 0.107 e.